The van der Waals surface area contributed by atoms with E-state index in [-0.39, 0.29) is 18.4 Å². The number of rotatable bonds is 7. The van der Waals surface area contributed by atoms with Crippen LogP contribution in [0.2, 0.25) is 5.02 Å². The lowest BCUT2D eigenvalue weighted by molar-refractivity contribution is -0.120. The summed E-state index contributed by atoms with van der Waals surface area (Å²) in [5.74, 6) is 1.67. The Morgan fingerprint density at radius 1 is 1.27 bits per heavy atom. The second-order valence-corrected chi connectivity index (χ2v) is 8.48. The van der Waals surface area contributed by atoms with Crippen molar-refractivity contribution < 1.29 is 13.9 Å². The summed E-state index contributed by atoms with van der Waals surface area (Å²) in [4.78, 5) is 19.5. The van der Waals surface area contributed by atoms with E-state index < -0.39 is 0 Å². The van der Waals surface area contributed by atoms with Gasteiger partial charge in [0.15, 0.2) is 0 Å². The van der Waals surface area contributed by atoms with Gasteiger partial charge in [-0.25, -0.2) is 4.98 Å². The van der Waals surface area contributed by atoms with E-state index in [1.807, 2.05) is 48.7 Å². The molecule has 1 aliphatic rings. The molecule has 1 N–H and O–H groups in total. The molecule has 0 radical (unpaired) electrons. The van der Waals surface area contributed by atoms with E-state index in [2.05, 4.69) is 15.2 Å². The molecule has 0 bridgehead atoms. The summed E-state index contributed by atoms with van der Waals surface area (Å²) in [5, 5.41) is 6.44. The average molecular weight is 446 g/mol. The van der Waals surface area contributed by atoms with Crippen LogP contribution >= 0.6 is 22.9 Å². The van der Waals surface area contributed by atoms with Crippen molar-refractivity contribution in [2.45, 2.75) is 19.4 Å². The molecule has 1 fully saturated rings. The first-order valence-corrected chi connectivity index (χ1v) is 11.2. The number of hydrogen-bond acceptors (Lipinski definition) is 6. The lowest BCUT2D eigenvalue weighted by Gasteiger charge is -2.33. The van der Waals surface area contributed by atoms with Gasteiger partial charge in [-0.15, -0.1) is 11.3 Å². The van der Waals surface area contributed by atoms with Gasteiger partial charge >= 0.3 is 0 Å². The lowest BCUT2D eigenvalue weighted by Crippen LogP contribution is -2.44. The Morgan fingerprint density at radius 2 is 2.07 bits per heavy atom. The van der Waals surface area contributed by atoms with E-state index in [1.54, 1.807) is 0 Å². The molecule has 1 aromatic carbocycles. The molecule has 1 amide bonds. The van der Waals surface area contributed by atoms with E-state index in [0.29, 0.717) is 24.8 Å². The number of amides is 1. The number of carbonyl (C=O) groups excluding carboxylic acids is 1. The van der Waals surface area contributed by atoms with Crippen LogP contribution in [-0.2, 0) is 16.0 Å². The van der Waals surface area contributed by atoms with Crippen LogP contribution in [0, 0.1) is 6.92 Å². The number of nitrogens with zero attached hydrogens (tertiary/aromatic N) is 2. The fourth-order valence-corrected chi connectivity index (χ4v) is 4.66. The smallest absolute Gasteiger partial charge is 0.226 e. The summed E-state index contributed by atoms with van der Waals surface area (Å²) >= 11 is 7.75. The van der Waals surface area contributed by atoms with Crippen molar-refractivity contribution in [2.75, 3.05) is 32.8 Å². The van der Waals surface area contributed by atoms with Gasteiger partial charge in [0.05, 0.1) is 36.4 Å². The topological polar surface area (TPSA) is 67.6 Å². The van der Waals surface area contributed by atoms with E-state index in [1.165, 1.54) is 11.3 Å². The monoisotopic (exact) mass is 445 g/mol. The van der Waals surface area contributed by atoms with Crippen molar-refractivity contribution in [1.82, 2.24) is 15.2 Å². The van der Waals surface area contributed by atoms with Crippen molar-refractivity contribution >= 4 is 28.8 Å². The number of thiazole rings is 1. The molecule has 30 heavy (non-hydrogen) atoms. The lowest BCUT2D eigenvalue weighted by atomic mass is 10.1. The molecule has 0 saturated carbocycles. The van der Waals surface area contributed by atoms with Gasteiger partial charge in [0, 0.05) is 30.6 Å². The van der Waals surface area contributed by atoms with Gasteiger partial charge in [0.2, 0.25) is 5.91 Å². The van der Waals surface area contributed by atoms with Crippen molar-refractivity contribution in [3.63, 3.8) is 0 Å². The maximum absolute atomic E-state index is 12.6. The zero-order valence-corrected chi connectivity index (χ0v) is 18.3. The third-order valence-corrected chi connectivity index (χ3v) is 6.32. The minimum atomic E-state index is -0.0625. The van der Waals surface area contributed by atoms with Crippen molar-refractivity contribution in [3.8, 4) is 10.6 Å². The summed E-state index contributed by atoms with van der Waals surface area (Å²) in [6.45, 7) is 5.41. The molecule has 158 valence electrons. The summed E-state index contributed by atoms with van der Waals surface area (Å²) in [5.41, 5.74) is 1.63. The molecule has 4 rings (SSSR count). The molecule has 1 aliphatic heterocycles. The molecular formula is C22H24ClN3O3S. The van der Waals surface area contributed by atoms with E-state index in [0.717, 1.165) is 40.9 Å². The van der Waals surface area contributed by atoms with Gasteiger partial charge in [0.25, 0.3) is 0 Å². The zero-order valence-electron chi connectivity index (χ0n) is 16.8. The normalized spacial score (nSPS) is 15.8. The third kappa shape index (κ3) is 5.10. The number of aromatic nitrogens is 1. The van der Waals surface area contributed by atoms with E-state index in [9.17, 15) is 4.79 Å². The first kappa shape index (κ1) is 21.1. The van der Waals surface area contributed by atoms with Crippen LogP contribution in [0.1, 0.15) is 23.3 Å². The summed E-state index contributed by atoms with van der Waals surface area (Å²) < 4.78 is 11.3. The number of furan rings is 1. The summed E-state index contributed by atoms with van der Waals surface area (Å²) in [7, 11) is 0. The highest BCUT2D eigenvalue weighted by molar-refractivity contribution is 7.13. The summed E-state index contributed by atoms with van der Waals surface area (Å²) in [6.07, 6.45) is 0.230. The first-order chi connectivity index (χ1) is 14.6. The zero-order chi connectivity index (χ0) is 20.9. The summed E-state index contributed by atoms with van der Waals surface area (Å²) in [6, 6.07) is 11.5. The third-order valence-electron chi connectivity index (χ3n) is 5.07. The Kier molecular flexibility index (Phi) is 6.84. The van der Waals surface area contributed by atoms with Gasteiger partial charge in [-0.05, 0) is 25.1 Å². The second kappa shape index (κ2) is 9.75. The standard InChI is InChI=1S/C22H24ClN3O3S/c1-15-6-7-20(29-15)19(26-8-10-28-11-9-26)13-24-21(27)12-16-14-30-22(25-16)17-4-2-3-5-18(17)23/h2-7,14,19H,8-13H2,1H3,(H,24,27). The maximum atomic E-state index is 12.6. The quantitative estimate of drug-likeness (QED) is 0.593. The first-order valence-electron chi connectivity index (χ1n) is 9.94. The highest BCUT2D eigenvalue weighted by Gasteiger charge is 2.25. The van der Waals surface area contributed by atoms with Crippen LogP contribution in [0.3, 0.4) is 0 Å². The highest BCUT2D eigenvalue weighted by Crippen LogP contribution is 2.30. The number of hydrogen-bond donors (Lipinski definition) is 1. The largest absolute Gasteiger partial charge is 0.465 e. The highest BCUT2D eigenvalue weighted by atomic mass is 35.5. The maximum Gasteiger partial charge on any atom is 0.226 e. The number of halogens is 1. The van der Waals surface area contributed by atoms with Gasteiger partial charge in [-0.2, -0.15) is 0 Å². The molecule has 2 aromatic heterocycles. The molecular weight excluding hydrogens is 422 g/mol. The molecule has 8 heteroatoms. The molecule has 0 aliphatic carbocycles. The number of benzene rings is 1. The Balaban J connectivity index is 1.38. The number of aryl methyl sites for hydroxylation is 1. The van der Waals surface area contributed by atoms with Gasteiger partial charge in [-0.1, -0.05) is 29.8 Å². The fourth-order valence-electron chi connectivity index (χ4n) is 3.52. The van der Waals surface area contributed by atoms with Crippen LogP contribution in [0.15, 0.2) is 46.2 Å². The molecule has 0 spiro atoms. The Labute approximate surface area is 184 Å². The fraction of sp³-hybridized carbons (Fsp3) is 0.364. The Morgan fingerprint density at radius 3 is 2.80 bits per heavy atom. The van der Waals surface area contributed by atoms with Crippen LogP contribution in [-0.4, -0.2) is 48.6 Å². The van der Waals surface area contributed by atoms with Crippen molar-refractivity contribution in [3.05, 3.63) is 64.0 Å². The van der Waals surface area contributed by atoms with Crippen molar-refractivity contribution in [2.24, 2.45) is 0 Å². The number of nitrogens with one attached hydrogen (secondary N) is 1. The second-order valence-electron chi connectivity index (χ2n) is 7.22. The van der Waals surface area contributed by atoms with Gasteiger partial charge in [-0.3, -0.25) is 9.69 Å². The number of carbonyl (C=O) groups is 1. The average Bonchev–Trinajstić information content (AvgIpc) is 3.38. The van der Waals surface area contributed by atoms with Crippen molar-refractivity contribution in [1.29, 1.82) is 0 Å². The molecule has 6 nitrogen and oxygen atoms in total. The molecule has 3 heterocycles. The Hall–Kier alpha value is -2.19. The molecule has 1 saturated heterocycles. The van der Waals surface area contributed by atoms with Crippen LogP contribution in [0.25, 0.3) is 10.6 Å². The van der Waals surface area contributed by atoms with Gasteiger partial charge in [0.1, 0.15) is 16.5 Å². The number of ether oxygens (including phenoxy) is 1. The SMILES string of the molecule is Cc1ccc(C(CNC(=O)Cc2csc(-c3ccccc3Cl)n2)N2CCOCC2)o1. The van der Waals surface area contributed by atoms with E-state index in [4.69, 9.17) is 20.8 Å². The minimum Gasteiger partial charge on any atom is -0.465 e. The predicted octanol–water partition coefficient (Wildman–Crippen LogP) is 4.10. The molecule has 1 unspecified atom stereocenters. The number of morpholine rings is 1. The van der Waals surface area contributed by atoms with Crippen LogP contribution in [0.5, 0.6) is 0 Å². The van der Waals surface area contributed by atoms with Crippen LogP contribution in [0.4, 0.5) is 0 Å². The van der Waals surface area contributed by atoms with Gasteiger partial charge < -0.3 is 14.5 Å². The minimum absolute atomic E-state index is 0.0133. The molecule has 1 atom stereocenters. The Bertz CT molecular complexity index is 997. The van der Waals surface area contributed by atoms with Crippen LogP contribution < -0.4 is 5.32 Å². The molecule has 3 aromatic rings. The van der Waals surface area contributed by atoms with E-state index >= 15 is 0 Å². The predicted molar refractivity (Wildman–Crippen MR) is 118 cm³/mol.